The molecule has 0 saturated heterocycles. The Hall–Kier alpha value is -3.49. The number of amides is 1. The SMILES string of the molecule is Cc1c(NC(=O)c2cc(C(=O)OC(C)(C)C)n(-c3ccccc3)n2)nnn1C. The molecule has 0 spiro atoms. The highest BCUT2D eigenvalue weighted by Crippen LogP contribution is 2.18. The van der Waals surface area contributed by atoms with Crippen LogP contribution in [0.25, 0.3) is 5.69 Å². The number of nitrogens with zero attached hydrogens (tertiary/aromatic N) is 5. The molecule has 0 atom stereocenters. The first-order valence-corrected chi connectivity index (χ1v) is 8.72. The second-order valence-corrected chi connectivity index (χ2v) is 7.27. The van der Waals surface area contributed by atoms with Crippen LogP contribution in [0.2, 0.25) is 0 Å². The zero-order chi connectivity index (χ0) is 20.5. The quantitative estimate of drug-likeness (QED) is 0.696. The molecule has 28 heavy (non-hydrogen) atoms. The fourth-order valence-corrected chi connectivity index (χ4v) is 2.43. The first-order valence-electron chi connectivity index (χ1n) is 8.72. The number of aryl methyl sites for hydroxylation is 1. The summed E-state index contributed by atoms with van der Waals surface area (Å²) >= 11 is 0. The number of benzene rings is 1. The van der Waals surface area contributed by atoms with E-state index in [0.29, 0.717) is 17.2 Å². The Balaban J connectivity index is 1.97. The standard InChI is InChI=1S/C19H22N6O3/c1-12-16(21-23-24(12)5)20-17(26)14-11-15(18(27)28-19(2,3)4)25(22-14)13-9-7-6-8-10-13/h6-11H,1-5H3,(H,20,26). The number of para-hydroxylation sites is 1. The highest BCUT2D eigenvalue weighted by atomic mass is 16.6. The fourth-order valence-electron chi connectivity index (χ4n) is 2.43. The molecule has 0 aliphatic heterocycles. The molecule has 9 nitrogen and oxygen atoms in total. The van der Waals surface area contributed by atoms with Gasteiger partial charge in [-0.15, -0.1) is 5.10 Å². The fraction of sp³-hybridized carbons (Fsp3) is 0.316. The third kappa shape index (κ3) is 4.08. The normalized spacial score (nSPS) is 11.3. The van der Waals surface area contributed by atoms with Crippen molar-refractivity contribution < 1.29 is 14.3 Å². The Bertz CT molecular complexity index is 1010. The lowest BCUT2D eigenvalue weighted by molar-refractivity contribution is 0.00593. The van der Waals surface area contributed by atoms with E-state index in [9.17, 15) is 9.59 Å². The predicted octanol–water partition coefficient (Wildman–Crippen LogP) is 2.52. The molecule has 1 amide bonds. The van der Waals surface area contributed by atoms with Crippen LogP contribution >= 0.6 is 0 Å². The second-order valence-electron chi connectivity index (χ2n) is 7.27. The van der Waals surface area contributed by atoms with Crippen LogP contribution in [0.15, 0.2) is 36.4 Å². The molecule has 1 N–H and O–H groups in total. The summed E-state index contributed by atoms with van der Waals surface area (Å²) in [6.45, 7) is 7.11. The number of carbonyl (C=O) groups is 2. The largest absolute Gasteiger partial charge is 0.455 e. The van der Waals surface area contributed by atoms with Crippen LogP contribution in [0.4, 0.5) is 5.82 Å². The van der Waals surface area contributed by atoms with Gasteiger partial charge in [-0.05, 0) is 39.8 Å². The van der Waals surface area contributed by atoms with E-state index in [0.717, 1.165) is 0 Å². The van der Waals surface area contributed by atoms with Crippen molar-refractivity contribution in [3.63, 3.8) is 0 Å². The summed E-state index contributed by atoms with van der Waals surface area (Å²) in [4.78, 5) is 25.3. The molecule has 0 unspecified atom stereocenters. The maximum atomic E-state index is 12.7. The summed E-state index contributed by atoms with van der Waals surface area (Å²) in [6.07, 6.45) is 0. The van der Waals surface area contributed by atoms with Crippen LogP contribution in [-0.4, -0.2) is 42.3 Å². The predicted molar refractivity (Wildman–Crippen MR) is 102 cm³/mol. The molecule has 0 fully saturated rings. The van der Waals surface area contributed by atoms with E-state index >= 15 is 0 Å². The van der Waals surface area contributed by atoms with Crippen LogP contribution in [0.5, 0.6) is 0 Å². The van der Waals surface area contributed by atoms with Gasteiger partial charge in [-0.25, -0.2) is 9.48 Å². The number of aromatic nitrogens is 5. The molecule has 0 saturated carbocycles. The molecule has 9 heteroatoms. The van der Waals surface area contributed by atoms with E-state index in [-0.39, 0.29) is 11.4 Å². The highest BCUT2D eigenvalue weighted by molar-refractivity contribution is 6.04. The summed E-state index contributed by atoms with van der Waals surface area (Å²) < 4.78 is 8.40. The number of hydrogen-bond acceptors (Lipinski definition) is 6. The number of nitrogens with one attached hydrogen (secondary N) is 1. The van der Waals surface area contributed by atoms with Gasteiger partial charge in [-0.2, -0.15) is 5.10 Å². The molecule has 0 bridgehead atoms. The van der Waals surface area contributed by atoms with Crippen LogP contribution < -0.4 is 5.32 Å². The van der Waals surface area contributed by atoms with Gasteiger partial charge in [0, 0.05) is 13.1 Å². The van der Waals surface area contributed by atoms with Crippen LogP contribution in [-0.2, 0) is 11.8 Å². The lowest BCUT2D eigenvalue weighted by atomic mass is 10.2. The van der Waals surface area contributed by atoms with Crippen molar-refractivity contribution >= 4 is 17.7 Å². The summed E-state index contributed by atoms with van der Waals surface area (Å²) in [7, 11) is 1.72. The summed E-state index contributed by atoms with van der Waals surface area (Å²) in [5, 5.41) is 14.7. The van der Waals surface area contributed by atoms with Crippen LogP contribution in [0, 0.1) is 6.92 Å². The van der Waals surface area contributed by atoms with Gasteiger partial charge < -0.3 is 10.1 Å². The number of ether oxygens (including phenoxy) is 1. The molecule has 0 radical (unpaired) electrons. The van der Waals surface area contributed by atoms with Gasteiger partial charge in [0.25, 0.3) is 5.91 Å². The van der Waals surface area contributed by atoms with Gasteiger partial charge in [0.2, 0.25) is 0 Å². The van der Waals surface area contributed by atoms with Gasteiger partial charge in [0.1, 0.15) is 5.60 Å². The first kappa shape index (κ1) is 19.3. The molecule has 3 aromatic rings. The topological polar surface area (TPSA) is 104 Å². The Labute approximate surface area is 162 Å². The zero-order valence-electron chi connectivity index (χ0n) is 16.4. The van der Waals surface area contributed by atoms with Crippen molar-refractivity contribution in [1.82, 2.24) is 24.8 Å². The number of carbonyl (C=O) groups excluding carboxylic acids is 2. The summed E-state index contributed by atoms with van der Waals surface area (Å²) in [5.74, 6) is -0.734. The Kier molecular flexibility index (Phi) is 5.00. The van der Waals surface area contributed by atoms with Crippen molar-refractivity contribution in [3.05, 3.63) is 53.5 Å². The third-order valence-electron chi connectivity index (χ3n) is 3.89. The molecule has 2 heterocycles. The summed E-state index contributed by atoms with van der Waals surface area (Å²) in [6, 6.07) is 10.5. The average Bonchev–Trinajstić information content (AvgIpc) is 3.21. The number of hydrogen-bond donors (Lipinski definition) is 1. The van der Waals surface area contributed by atoms with Crippen molar-refractivity contribution in [2.75, 3.05) is 5.32 Å². The van der Waals surface area contributed by atoms with E-state index in [1.54, 1.807) is 51.6 Å². The average molecular weight is 382 g/mol. The molecule has 0 aliphatic rings. The van der Waals surface area contributed by atoms with E-state index in [2.05, 4.69) is 20.7 Å². The Morgan fingerprint density at radius 3 is 2.39 bits per heavy atom. The molecule has 1 aromatic carbocycles. The maximum Gasteiger partial charge on any atom is 0.357 e. The third-order valence-corrected chi connectivity index (χ3v) is 3.89. The molecule has 0 aliphatic carbocycles. The Morgan fingerprint density at radius 1 is 1.14 bits per heavy atom. The number of rotatable bonds is 4. The van der Waals surface area contributed by atoms with Gasteiger partial charge in [0.05, 0.1) is 11.4 Å². The minimum atomic E-state index is -0.679. The van der Waals surface area contributed by atoms with Crippen LogP contribution in [0.1, 0.15) is 47.4 Å². The van der Waals surface area contributed by atoms with Crippen molar-refractivity contribution in [1.29, 1.82) is 0 Å². The zero-order valence-corrected chi connectivity index (χ0v) is 16.4. The number of esters is 1. The second kappa shape index (κ2) is 7.26. The van der Waals surface area contributed by atoms with Gasteiger partial charge in [-0.1, -0.05) is 23.4 Å². The smallest absolute Gasteiger partial charge is 0.357 e. The van der Waals surface area contributed by atoms with E-state index in [1.165, 1.54) is 10.7 Å². The lowest BCUT2D eigenvalue weighted by Gasteiger charge is -2.19. The van der Waals surface area contributed by atoms with Crippen molar-refractivity contribution in [2.24, 2.45) is 7.05 Å². The van der Waals surface area contributed by atoms with Crippen molar-refractivity contribution in [3.8, 4) is 5.69 Å². The molecular formula is C19H22N6O3. The monoisotopic (exact) mass is 382 g/mol. The van der Waals surface area contributed by atoms with Crippen LogP contribution in [0.3, 0.4) is 0 Å². The molecule has 146 valence electrons. The lowest BCUT2D eigenvalue weighted by Crippen LogP contribution is -2.25. The number of anilines is 1. The van der Waals surface area contributed by atoms with E-state index < -0.39 is 17.5 Å². The minimum Gasteiger partial charge on any atom is -0.455 e. The molecule has 3 rings (SSSR count). The minimum absolute atomic E-state index is 0.0646. The maximum absolute atomic E-state index is 12.7. The van der Waals surface area contributed by atoms with Gasteiger partial charge in [0.15, 0.2) is 17.2 Å². The molecular weight excluding hydrogens is 360 g/mol. The van der Waals surface area contributed by atoms with E-state index in [1.807, 2.05) is 18.2 Å². The summed E-state index contributed by atoms with van der Waals surface area (Å²) in [5.41, 5.74) is 0.875. The Morgan fingerprint density at radius 2 is 1.82 bits per heavy atom. The highest BCUT2D eigenvalue weighted by Gasteiger charge is 2.25. The van der Waals surface area contributed by atoms with Gasteiger partial charge >= 0.3 is 5.97 Å². The van der Waals surface area contributed by atoms with Crippen molar-refractivity contribution in [2.45, 2.75) is 33.3 Å². The first-order chi connectivity index (χ1) is 13.2. The van der Waals surface area contributed by atoms with Gasteiger partial charge in [-0.3, -0.25) is 9.48 Å². The molecule has 2 aromatic heterocycles. The van der Waals surface area contributed by atoms with E-state index in [4.69, 9.17) is 4.74 Å².